The van der Waals surface area contributed by atoms with E-state index in [1.54, 1.807) is 0 Å². The molecule has 25 heavy (non-hydrogen) atoms. The zero-order chi connectivity index (χ0) is 17.0. The molecule has 0 spiro atoms. The summed E-state index contributed by atoms with van der Waals surface area (Å²) in [6, 6.07) is 15.9. The molecule has 2 amide bonds. The monoisotopic (exact) mass is 332 g/mol. The summed E-state index contributed by atoms with van der Waals surface area (Å²) < 4.78 is 0. The smallest absolute Gasteiger partial charge is 0.254 e. The minimum absolute atomic E-state index is 0.0468. The number of nitrogens with one attached hydrogen (secondary N) is 1. The Morgan fingerprint density at radius 3 is 2.52 bits per heavy atom. The zero-order valence-corrected chi connectivity index (χ0v) is 13.9. The maximum absolute atomic E-state index is 13.1. The molecule has 1 N–H and O–H groups in total. The Hall–Kier alpha value is -2.62. The number of nitrogens with zero attached hydrogens (tertiary/aromatic N) is 1. The molecule has 0 saturated heterocycles. The SMILES string of the molecule is O=C(NC1CC1)C1c2ccccc2C(=O)N2CCc3ccccc3C12. The minimum atomic E-state index is -0.337. The Labute approximate surface area is 146 Å². The topological polar surface area (TPSA) is 49.4 Å². The fourth-order valence-corrected chi connectivity index (χ4v) is 4.28. The van der Waals surface area contributed by atoms with E-state index in [4.69, 9.17) is 0 Å². The molecule has 2 atom stereocenters. The van der Waals surface area contributed by atoms with Crippen LogP contribution >= 0.6 is 0 Å². The maximum atomic E-state index is 13.1. The Bertz CT molecular complexity index is 872. The van der Waals surface area contributed by atoms with Gasteiger partial charge in [0.15, 0.2) is 0 Å². The fraction of sp³-hybridized carbons (Fsp3) is 0.333. The van der Waals surface area contributed by atoms with Gasteiger partial charge in [-0.2, -0.15) is 0 Å². The molecule has 5 rings (SSSR count). The first-order valence-corrected chi connectivity index (χ1v) is 9.02. The Balaban J connectivity index is 1.67. The van der Waals surface area contributed by atoms with E-state index in [2.05, 4.69) is 17.4 Å². The van der Waals surface area contributed by atoms with Gasteiger partial charge in [0.25, 0.3) is 5.91 Å². The molecule has 2 heterocycles. The van der Waals surface area contributed by atoms with Crippen LogP contribution in [-0.2, 0) is 11.2 Å². The lowest BCUT2D eigenvalue weighted by Crippen LogP contribution is -2.50. The quantitative estimate of drug-likeness (QED) is 0.919. The van der Waals surface area contributed by atoms with Gasteiger partial charge in [0.05, 0.1) is 12.0 Å². The molecule has 2 aromatic rings. The van der Waals surface area contributed by atoms with Gasteiger partial charge in [0.1, 0.15) is 0 Å². The summed E-state index contributed by atoms with van der Waals surface area (Å²) in [5, 5.41) is 3.17. The fourth-order valence-electron chi connectivity index (χ4n) is 4.28. The maximum Gasteiger partial charge on any atom is 0.254 e. The van der Waals surface area contributed by atoms with Crippen molar-refractivity contribution in [3.05, 3.63) is 70.8 Å². The first-order chi connectivity index (χ1) is 12.2. The molecular formula is C21H20N2O2. The van der Waals surface area contributed by atoms with Crippen molar-refractivity contribution in [3.8, 4) is 0 Å². The van der Waals surface area contributed by atoms with Crippen molar-refractivity contribution in [2.45, 2.75) is 37.3 Å². The first-order valence-electron chi connectivity index (χ1n) is 9.02. The molecular weight excluding hydrogens is 312 g/mol. The van der Waals surface area contributed by atoms with Crippen LogP contribution in [0.3, 0.4) is 0 Å². The molecule has 0 aromatic heterocycles. The summed E-state index contributed by atoms with van der Waals surface area (Å²) in [5.41, 5.74) is 3.91. The van der Waals surface area contributed by atoms with Crippen LogP contribution in [0.1, 0.15) is 51.8 Å². The van der Waals surface area contributed by atoms with Crippen LogP contribution in [0.25, 0.3) is 0 Å². The average molecular weight is 332 g/mol. The molecule has 3 aliphatic rings. The molecule has 1 fully saturated rings. The lowest BCUT2D eigenvalue weighted by molar-refractivity contribution is -0.124. The standard InChI is InChI=1S/C21H20N2O2/c24-20(22-14-9-10-14)18-16-7-3-4-8-17(16)21(25)23-12-11-13-5-1-2-6-15(13)19(18)23/h1-8,14,18-19H,9-12H2,(H,22,24). The number of fused-ring (bicyclic) bond motifs is 4. The number of hydrogen-bond acceptors (Lipinski definition) is 2. The van der Waals surface area contributed by atoms with E-state index in [1.807, 2.05) is 41.3 Å². The van der Waals surface area contributed by atoms with Gasteiger partial charge in [0.2, 0.25) is 5.91 Å². The zero-order valence-electron chi connectivity index (χ0n) is 13.9. The van der Waals surface area contributed by atoms with E-state index < -0.39 is 0 Å². The van der Waals surface area contributed by atoms with Gasteiger partial charge in [-0.1, -0.05) is 42.5 Å². The van der Waals surface area contributed by atoms with Crippen LogP contribution in [0, 0.1) is 0 Å². The highest BCUT2D eigenvalue weighted by Gasteiger charge is 2.46. The predicted molar refractivity (Wildman–Crippen MR) is 94.3 cm³/mol. The Morgan fingerprint density at radius 2 is 1.72 bits per heavy atom. The minimum Gasteiger partial charge on any atom is -0.353 e. The van der Waals surface area contributed by atoms with Crippen molar-refractivity contribution in [1.82, 2.24) is 10.2 Å². The lowest BCUT2D eigenvalue weighted by atomic mass is 9.76. The number of amides is 2. The van der Waals surface area contributed by atoms with Crippen LogP contribution in [0.2, 0.25) is 0 Å². The normalized spacial score (nSPS) is 24.2. The van der Waals surface area contributed by atoms with Gasteiger partial charge in [0, 0.05) is 18.2 Å². The third-order valence-corrected chi connectivity index (χ3v) is 5.64. The van der Waals surface area contributed by atoms with Crippen LogP contribution in [-0.4, -0.2) is 29.3 Å². The lowest BCUT2D eigenvalue weighted by Gasteiger charge is -2.45. The number of benzene rings is 2. The number of carbonyl (C=O) groups is 2. The van der Waals surface area contributed by atoms with Gasteiger partial charge in [-0.25, -0.2) is 0 Å². The third kappa shape index (κ3) is 2.28. The van der Waals surface area contributed by atoms with E-state index in [0.717, 1.165) is 30.4 Å². The highest BCUT2D eigenvalue weighted by molar-refractivity contribution is 6.01. The molecule has 1 aliphatic carbocycles. The average Bonchev–Trinajstić information content (AvgIpc) is 3.46. The summed E-state index contributed by atoms with van der Waals surface area (Å²) in [6.07, 6.45) is 2.96. The number of carbonyl (C=O) groups excluding carboxylic acids is 2. The van der Waals surface area contributed by atoms with Gasteiger partial charge < -0.3 is 10.2 Å². The van der Waals surface area contributed by atoms with E-state index in [9.17, 15) is 9.59 Å². The van der Waals surface area contributed by atoms with Gasteiger partial charge in [-0.3, -0.25) is 9.59 Å². The highest BCUT2D eigenvalue weighted by atomic mass is 16.2. The van der Waals surface area contributed by atoms with Crippen molar-refractivity contribution in [3.63, 3.8) is 0 Å². The summed E-state index contributed by atoms with van der Waals surface area (Å²) in [5.74, 6) is -0.240. The second-order valence-corrected chi connectivity index (χ2v) is 7.24. The van der Waals surface area contributed by atoms with Crippen molar-refractivity contribution in [1.29, 1.82) is 0 Å². The van der Waals surface area contributed by atoms with Crippen LogP contribution < -0.4 is 5.32 Å². The second kappa shape index (κ2) is 5.45. The van der Waals surface area contributed by atoms with Gasteiger partial charge >= 0.3 is 0 Å². The first kappa shape index (κ1) is 14.7. The van der Waals surface area contributed by atoms with E-state index in [0.29, 0.717) is 18.2 Å². The largest absolute Gasteiger partial charge is 0.353 e. The van der Waals surface area contributed by atoms with Crippen molar-refractivity contribution in [2.24, 2.45) is 0 Å². The molecule has 0 bridgehead atoms. The Morgan fingerprint density at radius 1 is 1.00 bits per heavy atom. The van der Waals surface area contributed by atoms with Crippen molar-refractivity contribution >= 4 is 11.8 Å². The summed E-state index contributed by atoms with van der Waals surface area (Å²) in [7, 11) is 0. The number of hydrogen-bond donors (Lipinski definition) is 1. The van der Waals surface area contributed by atoms with Crippen molar-refractivity contribution in [2.75, 3.05) is 6.54 Å². The molecule has 4 heteroatoms. The molecule has 2 aromatic carbocycles. The molecule has 1 saturated carbocycles. The Kier molecular flexibility index (Phi) is 3.20. The molecule has 126 valence electrons. The van der Waals surface area contributed by atoms with Gasteiger partial charge in [-0.15, -0.1) is 0 Å². The second-order valence-electron chi connectivity index (χ2n) is 7.24. The summed E-state index contributed by atoms with van der Waals surface area (Å²) >= 11 is 0. The molecule has 2 unspecified atom stereocenters. The summed E-state index contributed by atoms with van der Waals surface area (Å²) in [6.45, 7) is 0.669. The number of rotatable bonds is 2. The molecule has 2 aliphatic heterocycles. The van der Waals surface area contributed by atoms with Crippen LogP contribution in [0.5, 0.6) is 0 Å². The van der Waals surface area contributed by atoms with Gasteiger partial charge in [-0.05, 0) is 42.0 Å². The van der Waals surface area contributed by atoms with Crippen LogP contribution in [0.15, 0.2) is 48.5 Å². The molecule has 4 nitrogen and oxygen atoms in total. The summed E-state index contributed by atoms with van der Waals surface area (Å²) in [4.78, 5) is 28.1. The van der Waals surface area contributed by atoms with Crippen LogP contribution in [0.4, 0.5) is 0 Å². The molecule has 0 radical (unpaired) electrons. The van der Waals surface area contributed by atoms with E-state index >= 15 is 0 Å². The van der Waals surface area contributed by atoms with Crippen molar-refractivity contribution < 1.29 is 9.59 Å². The third-order valence-electron chi connectivity index (χ3n) is 5.64. The highest BCUT2D eigenvalue weighted by Crippen LogP contribution is 2.46. The van der Waals surface area contributed by atoms with E-state index in [-0.39, 0.29) is 23.8 Å². The predicted octanol–water partition coefficient (Wildman–Crippen LogP) is 2.80. The van der Waals surface area contributed by atoms with E-state index in [1.165, 1.54) is 5.56 Å².